The normalized spacial score (nSPS) is 25.8. The third-order valence-corrected chi connectivity index (χ3v) is 3.69. The fraction of sp³-hybridized carbons (Fsp3) is 0.846. The summed E-state index contributed by atoms with van der Waals surface area (Å²) in [7, 11) is 0. The second-order valence-corrected chi connectivity index (χ2v) is 5.26. The maximum atomic E-state index is 10.4. The molecule has 0 saturated carbocycles. The summed E-state index contributed by atoms with van der Waals surface area (Å²) in [4.78, 5) is 4.25. The van der Waals surface area contributed by atoms with E-state index >= 15 is 0 Å². The maximum Gasteiger partial charge on any atom is 0.138 e. The Labute approximate surface area is 108 Å². The van der Waals surface area contributed by atoms with Crippen molar-refractivity contribution in [3.63, 3.8) is 0 Å². The van der Waals surface area contributed by atoms with Crippen molar-refractivity contribution in [3.05, 3.63) is 12.2 Å². The molecule has 1 aliphatic heterocycles. The van der Waals surface area contributed by atoms with Gasteiger partial charge in [-0.3, -0.25) is 0 Å². The van der Waals surface area contributed by atoms with Gasteiger partial charge in [-0.15, -0.1) is 0 Å². The molecule has 3 atom stereocenters. The molecule has 2 heterocycles. The van der Waals surface area contributed by atoms with E-state index in [0.29, 0.717) is 6.42 Å². The van der Waals surface area contributed by atoms with Crippen LogP contribution in [-0.4, -0.2) is 38.7 Å². The molecule has 0 aromatic carbocycles. The Morgan fingerprint density at radius 2 is 2.33 bits per heavy atom. The minimum absolute atomic E-state index is 0.190. The number of hydrogen-bond donors (Lipinski definition) is 1. The van der Waals surface area contributed by atoms with Crippen molar-refractivity contribution in [2.75, 3.05) is 6.61 Å². The third-order valence-electron chi connectivity index (χ3n) is 3.69. The number of aliphatic hydroxyl groups excluding tert-OH is 1. The van der Waals surface area contributed by atoms with Crippen molar-refractivity contribution in [1.82, 2.24) is 14.8 Å². The van der Waals surface area contributed by atoms with Crippen LogP contribution in [0.15, 0.2) is 6.33 Å². The van der Waals surface area contributed by atoms with Crippen LogP contribution in [0.2, 0.25) is 0 Å². The van der Waals surface area contributed by atoms with E-state index < -0.39 is 0 Å². The van der Waals surface area contributed by atoms with Crippen LogP contribution in [0.5, 0.6) is 0 Å². The van der Waals surface area contributed by atoms with Crippen LogP contribution < -0.4 is 0 Å². The zero-order valence-corrected chi connectivity index (χ0v) is 11.4. The zero-order valence-electron chi connectivity index (χ0n) is 11.4. The van der Waals surface area contributed by atoms with Gasteiger partial charge in [0.2, 0.25) is 0 Å². The molecular weight excluding hydrogens is 230 g/mol. The Hall–Kier alpha value is -0.940. The van der Waals surface area contributed by atoms with Crippen molar-refractivity contribution >= 4 is 0 Å². The summed E-state index contributed by atoms with van der Waals surface area (Å²) in [6, 6.07) is 0.275. The van der Waals surface area contributed by atoms with Gasteiger partial charge in [0.1, 0.15) is 12.2 Å². The molecule has 5 heteroatoms. The number of hydrogen-bond acceptors (Lipinski definition) is 4. The Bertz CT molecular complexity index is 378. The molecule has 1 aromatic rings. The Balaban J connectivity index is 2.02. The minimum atomic E-state index is -0.390. The summed E-state index contributed by atoms with van der Waals surface area (Å²) in [6.07, 6.45) is 3.82. The SMILES string of the molecule is CCC1OCCC1C(O)Cc1ncnn1C(C)C. The first-order valence-electron chi connectivity index (χ1n) is 6.81. The minimum Gasteiger partial charge on any atom is -0.392 e. The summed E-state index contributed by atoms with van der Waals surface area (Å²) >= 11 is 0. The van der Waals surface area contributed by atoms with E-state index in [1.54, 1.807) is 6.33 Å². The molecule has 5 nitrogen and oxygen atoms in total. The van der Waals surface area contributed by atoms with Gasteiger partial charge in [-0.25, -0.2) is 9.67 Å². The van der Waals surface area contributed by atoms with Crippen LogP contribution in [0.1, 0.15) is 45.5 Å². The largest absolute Gasteiger partial charge is 0.392 e. The summed E-state index contributed by atoms with van der Waals surface area (Å²) in [5.74, 6) is 1.09. The highest BCUT2D eigenvalue weighted by Crippen LogP contribution is 2.28. The van der Waals surface area contributed by atoms with Crippen molar-refractivity contribution < 1.29 is 9.84 Å². The van der Waals surface area contributed by atoms with Gasteiger partial charge in [0.15, 0.2) is 0 Å². The van der Waals surface area contributed by atoms with Gasteiger partial charge in [-0.1, -0.05) is 6.92 Å². The van der Waals surface area contributed by atoms with Crippen molar-refractivity contribution in [2.45, 2.75) is 58.3 Å². The molecular formula is C13H23N3O2. The van der Waals surface area contributed by atoms with E-state index in [1.807, 2.05) is 4.68 Å². The Morgan fingerprint density at radius 1 is 1.56 bits per heavy atom. The predicted octanol–water partition coefficient (Wildman–Crippen LogP) is 1.58. The van der Waals surface area contributed by atoms with E-state index in [0.717, 1.165) is 25.3 Å². The van der Waals surface area contributed by atoms with E-state index in [4.69, 9.17) is 4.74 Å². The highest BCUT2D eigenvalue weighted by atomic mass is 16.5. The molecule has 0 spiro atoms. The molecule has 1 saturated heterocycles. The Morgan fingerprint density at radius 3 is 3.00 bits per heavy atom. The fourth-order valence-corrected chi connectivity index (χ4v) is 2.72. The molecule has 0 amide bonds. The second-order valence-electron chi connectivity index (χ2n) is 5.26. The summed E-state index contributed by atoms with van der Waals surface area (Å²) in [6.45, 7) is 7.00. The van der Waals surface area contributed by atoms with Crippen LogP contribution in [0, 0.1) is 5.92 Å². The lowest BCUT2D eigenvalue weighted by molar-refractivity contribution is 0.0304. The van der Waals surface area contributed by atoms with E-state index in [-0.39, 0.29) is 24.2 Å². The summed E-state index contributed by atoms with van der Waals surface area (Å²) in [5, 5.41) is 14.6. The first kappa shape index (κ1) is 13.5. The molecule has 1 aliphatic rings. The molecule has 0 bridgehead atoms. The monoisotopic (exact) mass is 253 g/mol. The highest BCUT2D eigenvalue weighted by molar-refractivity contribution is 4.93. The van der Waals surface area contributed by atoms with Crippen LogP contribution in [0.3, 0.4) is 0 Å². The van der Waals surface area contributed by atoms with Crippen LogP contribution >= 0.6 is 0 Å². The molecule has 3 unspecified atom stereocenters. The van der Waals surface area contributed by atoms with Gasteiger partial charge in [0, 0.05) is 25.0 Å². The van der Waals surface area contributed by atoms with E-state index in [1.165, 1.54) is 0 Å². The molecule has 1 aromatic heterocycles. The quantitative estimate of drug-likeness (QED) is 0.865. The number of rotatable bonds is 5. The number of aromatic nitrogens is 3. The summed E-state index contributed by atoms with van der Waals surface area (Å²) < 4.78 is 7.50. The lowest BCUT2D eigenvalue weighted by atomic mass is 9.91. The van der Waals surface area contributed by atoms with Gasteiger partial charge in [0.05, 0.1) is 12.2 Å². The predicted molar refractivity (Wildman–Crippen MR) is 68.3 cm³/mol. The zero-order chi connectivity index (χ0) is 13.1. The standard InChI is InChI=1S/C13H23N3O2/c1-4-12-10(5-6-18-12)11(17)7-13-14-8-15-16(13)9(2)3/h8-12,17H,4-7H2,1-3H3. The molecule has 0 radical (unpaired) electrons. The Kier molecular flexibility index (Phi) is 4.35. The third kappa shape index (κ3) is 2.72. The van der Waals surface area contributed by atoms with Crippen molar-refractivity contribution in [3.8, 4) is 0 Å². The smallest absolute Gasteiger partial charge is 0.138 e. The van der Waals surface area contributed by atoms with Crippen LogP contribution in [0.25, 0.3) is 0 Å². The van der Waals surface area contributed by atoms with Gasteiger partial charge < -0.3 is 9.84 Å². The van der Waals surface area contributed by atoms with Crippen molar-refractivity contribution in [1.29, 1.82) is 0 Å². The second kappa shape index (κ2) is 5.80. The lowest BCUT2D eigenvalue weighted by Gasteiger charge is -2.22. The van der Waals surface area contributed by atoms with E-state index in [9.17, 15) is 5.11 Å². The van der Waals surface area contributed by atoms with Gasteiger partial charge >= 0.3 is 0 Å². The van der Waals surface area contributed by atoms with Gasteiger partial charge in [-0.05, 0) is 26.7 Å². The number of aliphatic hydroxyl groups is 1. The summed E-state index contributed by atoms with van der Waals surface area (Å²) in [5.41, 5.74) is 0. The number of nitrogens with zero attached hydrogens (tertiary/aromatic N) is 3. The lowest BCUT2D eigenvalue weighted by Crippen LogP contribution is -2.30. The van der Waals surface area contributed by atoms with Gasteiger partial charge in [0.25, 0.3) is 0 Å². The first-order chi connectivity index (χ1) is 8.63. The van der Waals surface area contributed by atoms with Gasteiger partial charge in [-0.2, -0.15) is 5.10 Å². The molecule has 2 rings (SSSR count). The average Bonchev–Trinajstić information content (AvgIpc) is 2.96. The van der Waals surface area contributed by atoms with Crippen LogP contribution in [0.4, 0.5) is 0 Å². The maximum absolute atomic E-state index is 10.4. The first-order valence-corrected chi connectivity index (χ1v) is 6.81. The molecule has 1 fully saturated rings. The molecule has 18 heavy (non-hydrogen) atoms. The average molecular weight is 253 g/mol. The molecule has 102 valence electrons. The molecule has 1 N–H and O–H groups in total. The van der Waals surface area contributed by atoms with Crippen LogP contribution in [-0.2, 0) is 11.2 Å². The highest BCUT2D eigenvalue weighted by Gasteiger charge is 2.33. The molecule has 0 aliphatic carbocycles. The van der Waals surface area contributed by atoms with E-state index in [2.05, 4.69) is 30.9 Å². The number of ether oxygens (including phenoxy) is 1. The van der Waals surface area contributed by atoms with Crippen molar-refractivity contribution in [2.24, 2.45) is 5.92 Å². The topological polar surface area (TPSA) is 60.2 Å². The fourth-order valence-electron chi connectivity index (χ4n) is 2.72.